The first kappa shape index (κ1) is 23.2. The van der Waals surface area contributed by atoms with Crippen LogP contribution in [0.4, 0.5) is 0 Å². The van der Waals surface area contributed by atoms with Gasteiger partial charge in [-0.25, -0.2) is 4.98 Å². The maximum atomic E-state index is 6.14. The van der Waals surface area contributed by atoms with Crippen LogP contribution in [0.25, 0.3) is 0 Å². The summed E-state index contributed by atoms with van der Waals surface area (Å²) in [5.74, 6) is 1.62. The van der Waals surface area contributed by atoms with E-state index in [0.29, 0.717) is 18.7 Å². The third kappa shape index (κ3) is 7.06. The van der Waals surface area contributed by atoms with Crippen LogP contribution in [-0.4, -0.2) is 54.7 Å². The Labute approximate surface area is 186 Å². The van der Waals surface area contributed by atoms with Crippen LogP contribution in [0.15, 0.2) is 23.3 Å². The summed E-state index contributed by atoms with van der Waals surface area (Å²) < 4.78 is 6.14. The fraction of sp³-hybridized carbons (Fsp3) is 0.714. The molecule has 7 heteroatoms. The Hall–Kier alpha value is -1.09. The topological polar surface area (TPSA) is 61.8 Å². The molecule has 158 valence electrons. The van der Waals surface area contributed by atoms with Gasteiger partial charge in [0.15, 0.2) is 5.96 Å². The Morgan fingerprint density at radius 3 is 2.68 bits per heavy atom. The summed E-state index contributed by atoms with van der Waals surface area (Å²) in [6.07, 6.45) is 10.5. The van der Waals surface area contributed by atoms with Crippen LogP contribution in [0.3, 0.4) is 0 Å². The van der Waals surface area contributed by atoms with Crippen molar-refractivity contribution in [2.45, 2.75) is 70.6 Å². The van der Waals surface area contributed by atoms with Crippen molar-refractivity contribution < 1.29 is 4.74 Å². The van der Waals surface area contributed by atoms with Gasteiger partial charge in [-0.15, -0.1) is 24.0 Å². The molecule has 0 aromatic carbocycles. The Balaban J connectivity index is 0.00000280. The van der Waals surface area contributed by atoms with Gasteiger partial charge in [-0.2, -0.15) is 0 Å². The molecule has 0 radical (unpaired) electrons. The number of pyridine rings is 1. The highest BCUT2D eigenvalue weighted by atomic mass is 127. The average molecular weight is 501 g/mol. The van der Waals surface area contributed by atoms with Gasteiger partial charge in [0.2, 0.25) is 5.88 Å². The summed E-state index contributed by atoms with van der Waals surface area (Å²) >= 11 is 0. The fourth-order valence-electron chi connectivity index (χ4n) is 4.01. The third-order valence-electron chi connectivity index (χ3n) is 5.57. The van der Waals surface area contributed by atoms with E-state index >= 15 is 0 Å². The third-order valence-corrected chi connectivity index (χ3v) is 5.57. The van der Waals surface area contributed by atoms with Gasteiger partial charge in [-0.05, 0) is 57.6 Å². The number of aliphatic imine (C=N–C) groups is 1. The molecule has 1 aromatic heterocycles. The van der Waals surface area contributed by atoms with Crippen LogP contribution in [-0.2, 0) is 6.54 Å². The van der Waals surface area contributed by atoms with Gasteiger partial charge in [0.1, 0.15) is 6.10 Å². The normalized spacial score (nSPS) is 19.3. The molecule has 28 heavy (non-hydrogen) atoms. The van der Waals surface area contributed by atoms with Crippen molar-refractivity contribution in [1.29, 1.82) is 0 Å². The average Bonchev–Trinajstić information content (AvgIpc) is 3.21. The van der Waals surface area contributed by atoms with E-state index in [0.717, 1.165) is 30.2 Å². The van der Waals surface area contributed by atoms with E-state index in [4.69, 9.17) is 4.74 Å². The van der Waals surface area contributed by atoms with E-state index in [1.54, 1.807) is 0 Å². The molecule has 1 saturated carbocycles. The summed E-state index contributed by atoms with van der Waals surface area (Å²) in [5.41, 5.74) is 1.09. The highest BCUT2D eigenvalue weighted by molar-refractivity contribution is 14.0. The molecular weight excluding hydrogens is 465 g/mol. The standard InChI is InChI=1S/C21H35N5O.HI/c1-3-13-26-14-10-18(11-15-26)25-21(22-2)24-16-17-7-6-12-23-20(17)27-19-8-4-5-9-19;/h6-7,12,18-19H,3-5,8-11,13-16H2,1-2H3,(H2,22,24,25);1H. The van der Waals surface area contributed by atoms with Crippen molar-refractivity contribution in [3.05, 3.63) is 23.9 Å². The number of hydrogen-bond acceptors (Lipinski definition) is 4. The van der Waals surface area contributed by atoms with Gasteiger partial charge in [0, 0.05) is 44.5 Å². The zero-order valence-electron chi connectivity index (χ0n) is 17.3. The lowest BCUT2D eigenvalue weighted by molar-refractivity contribution is 0.199. The zero-order chi connectivity index (χ0) is 18.9. The Bertz CT molecular complexity index is 598. The van der Waals surface area contributed by atoms with Crippen LogP contribution in [0.5, 0.6) is 5.88 Å². The lowest BCUT2D eigenvalue weighted by Crippen LogP contribution is -2.48. The number of nitrogens with one attached hydrogen (secondary N) is 2. The molecular formula is C21H36IN5O. The number of likely N-dealkylation sites (tertiary alicyclic amines) is 1. The molecule has 2 fully saturated rings. The van der Waals surface area contributed by atoms with E-state index in [2.05, 4.69) is 38.5 Å². The molecule has 1 aromatic rings. The number of halogens is 1. The molecule has 0 spiro atoms. The van der Waals surface area contributed by atoms with Crippen LogP contribution in [0.2, 0.25) is 0 Å². The molecule has 1 aliphatic heterocycles. The molecule has 1 aliphatic carbocycles. The molecule has 2 N–H and O–H groups in total. The summed E-state index contributed by atoms with van der Waals surface area (Å²) in [7, 11) is 1.83. The Morgan fingerprint density at radius 1 is 1.25 bits per heavy atom. The van der Waals surface area contributed by atoms with Crippen molar-refractivity contribution in [2.24, 2.45) is 4.99 Å². The first-order valence-corrected chi connectivity index (χ1v) is 10.6. The van der Waals surface area contributed by atoms with Crippen molar-refractivity contribution in [2.75, 3.05) is 26.7 Å². The number of ether oxygens (including phenoxy) is 1. The highest BCUT2D eigenvalue weighted by Gasteiger charge is 2.20. The maximum Gasteiger partial charge on any atom is 0.218 e. The first-order valence-electron chi connectivity index (χ1n) is 10.6. The number of nitrogens with zero attached hydrogens (tertiary/aromatic N) is 3. The molecule has 2 aliphatic rings. The van der Waals surface area contributed by atoms with Gasteiger partial charge < -0.3 is 20.3 Å². The zero-order valence-corrected chi connectivity index (χ0v) is 19.7. The van der Waals surface area contributed by atoms with Crippen molar-refractivity contribution in [3.8, 4) is 5.88 Å². The molecule has 3 rings (SSSR count). The van der Waals surface area contributed by atoms with Crippen LogP contribution >= 0.6 is 24.0 Å². The number of rotatable bonds is 7. The molecule has 0 bridgehead atoms. The minimum absolute atomic E-state index is 0. The molecule has 1 saturated heterocycles. The van der Waals surface area contributed by atoms with Crippen LogP contribution in [0.1, 0.15) is 57.4 Å². The van der Waals surface area contributed by atoms with Crippen LogP contribution in [0, 0.1) is 0 Å². The van der Waals surface area contributed by atoms with Gasteiger partial charge in [-0.3, -0.25) is 4.99 Å². The highest BCUT2D eigenvalue weighted by Crippen LogP contribution is 2.24. The van der Waals surface area contributed by atoms with Crippen molar-refractivity contribution >= 4 is 29.9 Å². The predicted molar refractivity (Wildman–Crippen MR) is 126 cm³/mol. The maximum absolute atomic E-state index is 6.14. The smallest absolute Gasteiger partial charge is 0.218 e. The molecule has 0 atom stereocenters. The lowest BCUT2D eigenvalue weighted by atomic mass is 10.1. The van der Waals surface area contributed by atoms with Gasteiger partial charge in [0.25, 0.3) is 0 Å². The van der Waals surface area contributed by atoms with E-state index in [-0.39, 0.29) is 24.0 Å². The van der Waals surface area contributed by atoms with Gasteiger partial charge in [-0.1, -0.05) is 13.0 Å². The second-order valence-corrected chi connectivity index (χ2v) is 7.68. The molecule has 0 unspecified atom stereocenters. The number of hydrogen-bond donors (Lipinski definition) is 2. The number of piperidine rings is 1. The van der Waals surface area contributed by atoms with Gasteiger partial charge in [0.05, 0.1) is 0 Å². The molecule has 6 nitrogen and oxygen atoms in total. The summed E-state index contributed by atoms with van der Waals surface area (Å²) in [6, 6.07) is 4.55. The van der Waals surface area contributed by atoms with E-state index < -0.39 is 0 Å². The van der Waals surface area contributed by atoms with Crippen LogP contribution < -0.4 is 15.4 Å². The second-order valence-electron chi connectivity index (χ2n) is 7.68. The summed E-state index contributed by atoms with van der Waals surface area (Å²) in [5, 5.41) is 7.02. The quantitative estimate of drug-likeness (QED) is 0.340. The van der Waals surface area contributed by atoms with E-state index in [9.17, 15) is 0 Å². The molecule has 0 amide bonds. The van der Waals surface area contributed by atoms with Gasteiger partial charge >= 0.3 is 0 Å². The fourth-order valence-corrected chi connectivity index (χ4v) is 4.01. The number of guanidine groups is 1. The molecule has 2 heterocycles. The van der Waals surface area contributed by atoms with E-state index in [1.165, 1.54) is 51.7 Å². The van der Waals surface area contributed by atoms with Crippen molar-refractivity contribution in [3.63, 3.8) is 0 Å². The number of aromatic nitrogens is 1. The SMILES string of the molecule is CCCN1CCC(NC(=NC)NCc2cccnc2OC2CCCC2)CC1.I. The predicted octanol–water partition coefficient (Wildman–Crippen LogP) is 3.56. The first-order chi connectivity index (χ1) is 13.3. The monoisotopic (exact) mass is 501 g/mol. The van der Waals surface area contributed by atoms with E-state index in [1.807, 2.05) is 19.3 Å². The minimum atomic E-state index is 0. The minimum Gasteiger partial charge on any atom is -0.474 e. The summed E-state index contributed by atoms with van der Waals surface area (Å²) in [6.45, 7) is 6.48. The largest absolute Gasteiger partial charge is 0.474 e. The summed E-state index contributed by atoms with van der Waals surface area (Å²) in [4.78, 5) is 11.4. The Morgan fingerprint density at radius 2 is 2.00 bits per heavy atom. The Kier molecular flexibility index (Phi) is 10.3. The van der Waals surface area contributed by atoms with Crippen molar-refractivity contribution in [1.82, 2.24) is 20.5 Å². The lowest BCUT2D eigenvalue weighted by Gasteiger charge is -2.32. The second kappa shape index (κ2) is 12.5.